The van der Waals surface area contributed by atoms with Gasteiger partial charge in [0.1, 0.15) is 6.33 Å². The summed E-state index contributed by atoms with van der Waals surface area (Å²) in [4.78, 5) is 0. The second-order valence-electron chi connectivity index (χ2n) is 5.39. The molecule has 1 saturated carbocycles. The van der Waals surface area contributed by atoms with Crippen molar-refractivity contribution in [2.45, 2.75) is 45.1 Å². The highest BCUT2D eigenvalue weighted by Crippen LogP contribution is 2.33. The Kier molecular flexibility index (Phi) is 3.23. The Labute approximate surface area is 113 Å². The number of anilines is 1. The molecule has 1 heterocycles. The van der Waals surface area contributed by atoms with Crippen molar-refractivity contribution in [3.05, 3.63) is 30.1 Å². The molecular weight excluding hydrogens is 236 g/mol. The Bertz CT molecular complexity index is 567. The van der Waals surface area contributed by atoms with E-state index in [1.807, 2.05) is 31.5 Å². The van der Waals surface area contributed by atoms with Gasteiger partial charge in [-0.05, 0) is 31.4 Å². The van der Waals surface area contributed by atoms with Crippen molar-refractivity contribution in [2.24, 2.45) is 0 Å². The van der Waals surface area contributed by atoms with Gasteiger partial charge in [0.25, 0.3) is 0 Å². The summed E-state index contributed by atoms with van der Waals surface area (Å²) in [7, 11) is 0. The number of aromatic nitrogens is 3. The van der Waals surface area contributed by atoms with Gasteiger partial charge in [0, 0.05) is 17.3 Å². The molecule has 1 fully saturated rings. The van der Waals surface area contributed by atoms with Gasteiger partial charge in [0.05, 0.1) is 0 Å². The Morgan fingerprint density at radius 1 is 1.21 bits per heavy atom. The molecule has 0 radical (unpaired) electrons. The highest BCUT2D eigenvalue weighted by Gasteiger charge is 2.20. The third-order valence-corrected chi connectivity index (χ3v) is 4.11. The van der Waals surface area contributed by atoms with Crippen molar-refractivity contribution >= 4 is 5.69 Å². The van der Waals surface area contributed by atoms with Crippen LogP contribution in [0.1, 0.15) is 43.7 Å². The fraction of sp³-hybridized carbons (Fsp3) is 0.467. The number of para-hydroxylation sites is 1. The maximum atomic E-state index is 6.19. The zero-order valence-corrected chi connectivity index (χ0v) is 11.3. The summed E-state index contributed by atoms with van der Waals surface area (Å²) in [6, 6.07) is 6.62. The quantitative estimate of drug-likeness (QED) is 0.838. The van der Waals surface area contributed by atoms with Crippen LogP contribution in [0.2, 0.25) is 0 Å². The number of nitrogens with zero attached hydrogens (tertiary/aromatic N) is 3. The highest BCUT2D eigenvalue weighted by atomic mass is 15.3. The van der Waals surface area contributed by atoms with Crippen LogP contribution in [0.4, 0.5) is 5.69 Å². The van der Waals surface area contributed by atoms with Gasteiger partial charge in [-0.1, -0.05) is 31.4 Å². The molecule has 0 unspecified atom stereocenters. The summed E-state index contributed by atoms with van der Waals surface area (Å²) in [6.45, 7) is 2.03. The number of hydrogen-bond donors (Lipinski definition) is 1. The fourth-order valence-corrected chi connectivity index (χ4v) is 2.94. The molecule has 0 aliphatic heterocycles. The van der Waals surface area contributed by atoms with E-state index in [0.717, 1.165) is 22.6 Å². The van der Waals surface area contributed by atoms with E-state index >= 15 is 0 Å². The van der Waals surface area contributed by atoms with Crippen LogP contribution in [0.25, 0.3) is 11.4 Å². The van der Waals surface area contributed by atoms with Crippen LogP contribution in [-0.4, -0.2) is 14.8 Å². The molecular formula is C15H20N4. The third kappa shape index (κ3) is 2.23. The van der Waals surface area contributed by atoms with Gasteiger partial charge in [-0.2, -0.15) is 0 Å². The van der Waals surface area contributed by atoms with Crippen LogP contribution >= 0.6 is 0 Å². The maximum Gasteiger partial charge on any atom is 0.166 e. The Balaban J connectivity index is 2.01. The van der Waals surface area contributed by atoms with E-state index in [-0.39, 0.29) is 0 Å². The average molecular weight is 256 g/mol. The third-order valence-electron chi connectivity index (χ3n) is 4.11. The van der Waals surface area contributed by atoms with E-state index in [1.54, 1.807) is 0 Å². The van der Waals surface area contributed by atoms with E-state index in [2.05, 4.69) is 14.8 Å². The van der Waals surface area contributed by atoms with E-state index in [1.165, 1.54) is 32.1 Å². The monoisotopic (exact) mass is 256 g/mol. The first kappa shape index (κ1) is 12.2. The van der Waals surface area contributed by atoms with Crippen molar-refractivity contribution in [1.29, 1.82) is 0 Å². The van der Waals surface area contributed by atoms with Crippen LogP contribution in [0.5, 0.6) is 0 Å². The van der Waals surface area contributed by atoms with Gasteiger partial charge < -0.3 is 10.3 Å². The zero-order valence-electron chi connectivity index (χ0n) is 11.3. The summed E-state index contributed by atoms with van der Waals surface area (Å²) in [5.41, 5.74) is 9.10. The molecule has 3 rings (SSSR count). The maximum absolute atomic E-state index is 6.19. The van der Waals surface area contributed by atoms with Gasteiger partial charge in [0.15, 0.2) is 5.82 Å². The highest BCUT2D eigenvalue weighted by molar-refractivity contribution is 5.74. The van der Waals surface area contributed by atoms with Crippen molar-refractivity contribution in [2.75, 3.05) is 5.73 Å². The first-order chi connectivity index (χ1) is 9.27. The van der Waals surface area contributed by atoms with E-state index in [0.29, 0.717) is 6.04 Å². The van der Waals surface area contributed by atoms with Gasteiger partial charge in [-0.25, -0.2) is 0 Å². The minimum Gasteiger partial charge on any atom is -0.398 e. The molecule has 1 aromatic heterocycles. The summed E-state index contributed by atoms with van der Waals surface area (Å²) in [5, 5.41) is 8.40. The van der Waals surface area contributed by atoms with Gasteiger partial charge in [0.2, 0.25) is 0 Å². The minimum absolute atomic E-state index is 0.527. The second-order valence-corrected chi connectivity index (χ2v) is 5.39. The molecule has 0 amide bonds. The molecule has 4 nitrogen and oxygen atoms in total. The molecule has 2 aromatic rings. The van der Waals surface area contributed by atoms with Crippen LogP contribution in [0.3, 0.4) is 0 Å². The minimum atomic E-state index is 0.527. The Morgan fingerprint density at radius 3 is 2.79 bits per heavy atom. The molecule has 1 aliphatic rings. The molecule has 100 valence electrons. The molecule has 1 aromatic carbocycles. The summed E-state index contributed by atoms with van der Waals surface area (Å²) < 4.78 is 2.21. The predicted molar refractivity (Wildman–Crippen MR) is 76.7 cm³/mol. The number of aryl methyl sites for hydroxylation is 1. The number of rotatable bonds is 2. The lowest BCUT2D eigenvalue weighted by Gasteiger charge is -2.24. The molecule has 0 spiro atoms. The normalized spacial score (nSPS) is 16.7. The molecule has 1 aliphatic carbocycles. The number of benzene rings is 1. The SMILES string of the molecule is Cc1cccc(-c2nncn2C2CCCCC2)c1N. The van der Waals surface area contributed by atoms with Gasteiger partial charge in [-0.15, -0.1) is 10.2 Å². The topological polar surface area (TPSA) is 56.7 Å². The van der Waals surface area contributed by atoms with Crippen molar-refractivity contribution in [3.8, 4) is 11.4 Å². The van der Waals surface area contributed by atoms with Gasteiger partial charge >= 0.3 is 0 Å². The lowest BCUT2D eigenvalue weighted by atomic mass is 9.95. The molecule has 4 heteroatoms. The second kappa shape index (κ2) is 5.03. The molecule has 0 bridgehead atoms. The lowest BCUT2D eigenvalue weighted by molar-refractivity contribution is 0.355. The number of nitrogens with two attached hydrogens (primary N) is 1. The smallest absolute Gasteiger partial charge is 0.166 e. The first-order valence-corrected chi connectivity index (χ1v) is 7.02. The summed E-state index contributed by atoms with van der Waals surface area (Å²) in [6.07, 6.45) is 8.23. The standard InChI is InChI=1S/C15H20N4/c1-11-6-5-9-13(14(11)16)15-18-17-10-19(15)12-7-3-2-4-8-12/h5-6,9-10,12H,2-4,7-8,16H2,1H3. The molecule has 0 atom stereocenters. The van der Waals surface area contributed by atoms with Crippen molar-refractivity contribution in [3.63, 3.8) is 0 Å². The Morgan fingerprint density at radius 2 is 2.00 bits per heavy atom. The number of hydrogen-bond acceptors (Lipinski definition) is 3. The zero-order chi connectivity index (χ0) is 13.2. The summed E-state index contributed by atoms with van der Waals surface area (Å²) in [5.74, 6) is 0.910. The van der Waals surface area contributed by atoms with E-state index in [4.69, 9.17) is 5.73 Å². The van der Waals surface area contributed by atoms with Crippen LogP contribution in [0, 0.1) is 6.92 Å². The van der Waals surface area contributed by atoms with Crippen LogP contribution in [-0.2, 0) is 0 Å². The van der Waals surface area contributed by atoms with Crippen molar-refractivity contribution < 1.29 is 0 Å². The summed E-state index contributed by atoms with van der Waals surface area (Å²) >= 11 is 0. The molecule has 19 heavy (non-hydrogen) atoms. The Hall–Kier alpha value is -1.84. The van der Waals surface area contributed by atoms with Gasteiger partial charge in [-0.3, -0.25) is 0 Å². The lowest BCUT2D eigenvalue weighted by Crippen LogP contribution is -2.13. The first-order valence-electron chi connectivity index (χ1n) is 7.02. The van der Waals surface area contributed by atoms with Crippen molar-refractivity contribution in [1.82, 2.24) is 14.8 Å². The van der Waals surface area contributed by atoms with Crippen LogP contribution < -0.4 is 5.73 Å². The largest absolute Gasteiger partial charge is 0.398 e. The molecule has 0 saturated heterocycles. The fourth-order valence-electron chi connectivity index (χ4n) is 2.94. The molecule has 2 N–H and O–H groups in total. The van der Waals surface area contributed by atoms with E-state index in [9.17, 15) is 0 Å². The predicted octanol–water partition coefficient (Wildman–Crippen LogP) is 3.34. The average Bonchev–Trinajstić information content (AvgIpc) is 2.92. The van der Waals surface area contributed by atoms with E-state index < -0.39 is 0 Å². The van der Waals surface area contributed by atoms with Crippen LogP contribution in [0.15, 0.2) is 24.5 Å². The number of nitrogen functional groups attached to an aromatic ring is 1.